The molecule has 2 aromatic rings. The molecule has 1 aliphatic rings. The molecule has 1 fully saturated rings. The van der Waals surface area contributed by atoms with E-state index in [2.05, 4.69) is 5.32 Å². The maximum absolute atomic E-state index is 14.3. The summed E-state index contributed by atoms with van der Waals surface area (Å²) < 4.78 is 28.0. The fraction of sp³-hybridized carbons (Fsp3) is 0.222. The van der Waals surface area contributed by atoms with E-state index in [1.807, 2.05) is 0 Å². The quantitative estimate of drug-likeness (QED) is 0.910. The van der Waals surface area contributed by atoms with Crippen LogP contribution in [-0.2, 0) is 0 Å². The third kappa shape index (κ3) is 3.64. The summed E-state index contributed by atoms with van der Waals surface area (Å²) in [6.07, 6.45) is -1.44. The highest BCUT2D eigenvalue weighted by atomic mass is 35.5. The van der Waals surface area contributed by atoms with E-state index in [1.54, 1.807) is 18.2 Å². The summed E-state index contributed by atoms with van der Waals surface area (Å²) in [6.45, 7) is -0.245. The van der Waals surface area contributed by atoms with Crippen molar-refractivity contribution >= 4 is 23.4 Å². The van der Waals surface area contributed by atoms with Crippen LogP contribution in [0, 0.1) is 5.82 Å². The Morgan fingerprint density at radius 3 is 2.36 bits per heavy atom. The van der Waals surface area contributed by atoms with Gasteiger partial charge in [0, 0.05) is 6.54 Å². The standard InChI is InChI=1S/C18H15ClF2N2O2/c19-13-7-3-1-5-11(13)17(24)22-16-10-23(9-15(16)21)18(25)12-6-2-4-8-14(12)20/h1-8,15-16H,9-10H2,(H,22,24)/t15-,16+/m0/s1. The zero-order chi connectivity index (χ0) is 18.0. The van der Waals surface area contributed by atoms with Gasteiger partial charge in [-0.05, 0) is 24.3 Å². The Balaban J connectivity index is 1.70. The minimum Gasteiger partial charge on any atom is -0.344 e. The summed E-state index contributed by atoms with van der Waals surface area (Å²) in [5, 5.41) is 2.81. The van der Waals surface area contributed by atoms with Gasteiger partial charge in [0.2, 0.25) is 0 Å². The van der Waals surface area contributed by atoms with Crippen LogP contribution in [0.4, 0.5) is 8.78 Å². The van der Waals surface area contributed by atoms with Crippen LogP contribution in [0.25, 0.3) is 0 Å². The lowest BCUT2D eigenvalue weighted by atomic mass is 10.1. The topological polar surface area (TPSA) is 49.4 Å². The number of alkyl halides is 1. The molecule has 4 nitrogen and oxygen atoms in total. The van der Waals surface area contributed by atoms with Gasteiger partial charge in [0.25, 0.3) is 11.8 Å². The van der Waals surface area contributed by atoms with Gasteiger partial charge in [-0.1, -0.05) is 35.9 Å². The van der Waals surface area contributed by atoms with Gasteiger partial charge in [0.1, 0.15) is 12.0 Å². The fourth-order valence-electron chi connectivity index (χ4n) is 2.76. The van der Waals surface area contributed by atoms with Crippen molar-refractivity contribution in [3.8, 4) is 0 Å². The minimum absolute atomic E-state index is 0.0372. The van der Waals surface area contributed by atoms with Gasteiger partial charge in [0.05, 0.1) is 28.7 Å². The molecule has 130 valence electrons. The molecule has 1 N–H and O–H groups in total. The van der Waals surface area contributed by atoms with Crippen molar-refractivity contribution in [2.45, 2.75) is 12.2 Å². The van der Waals surface area contributed by atoms with E-state index in [4.69, 9.17) is 11.6 Å². The molecule has 0 unspecified atom stereocenters. The van der Waals surface area contributed by atoms with E-state index in [0.29, 0.717) is 0 Å². The Hall–Kier alpha value is -2.47. The van der Waals surface area contributed by atoms with Crippen molar-refractivity contribution in [1.82, 2.24) is 10.2 Å². The zero-order valence-electron chi connectivity index (χ0n) is 13.1. The average Bonchev–Trinajstić information content (AvgIpc) is 2.96. The van der Waals surface area contributed by atoms with E-state index in [1.165, 1.54) is 35.2 Å². The zero-order valence-corrected chi connectivity index (χ0v) is 13.8. The Morgan fingerprint density at radius 2 is 1.68 bits per heavy atom. The molecule has 0 aromatic heterocycles. The Bertz CT molecular complexity index is 815. The van der Waals surface area contributed by atoms with Crippen LogP contribution in [0.1, 0.15) is 20.7 Å². The number of carbonyl (C=O) groups is 2. The molecular formula is C18H15ClF2N2O2. The smallest absolute Gasteiger partial charge is 0.256 e. The Kier molecular flexibility index (Phi) is 4.99. The number of halogens is 3. The number of benzene rings is 2. The highest BCUT2D eigenvalue weighted by Gasteiger charge is 2.37. The predicted octanol–water partition coefficient (Wildman–Crippen LogP) is 3.07. The molecule has 2 aromatic carbocycles. The molecule has 1 aliphatic heterocycles. The summed E-state index contributed by atoms with van der Waals surface area (Å²) in [6, 6.07) is 11.1. The van der Waals surface area contributed by atoms with Gasteiger partial charge in [0.15, 0.2) is 0 Å². The van der Waals surface area contributed by atoms with Crippen LogP contribution < -0.4 is 5.32 Å². The van der Waals surface area contributed by atoms with Gasteiger partial charge in [-0.3, -0.25) is 9.59 Å². The number of rotatable bonds is 3. The number of hydrogen-bond acceptors (Lipinski definition) is 2. The highest BCUT2D eigenvalue weighted by Crippen LogP contribution is 2.20. The second-order valence-electron chi connectivity index (χ2n) is 5.77. The highest BCUT2D eigenvalue weighted by molar-refractivity contribution is 6.33. The van der Waals surface area contributed by atoms with Crippen molar-refractivity contribution in [3.63, 3.8) is 0 Å². The third-order valence-corrected chi connectivity index (χ3v) is 4.40. The average molecular weight is 365 g/mol. The monoisotopic (exact) mass is 364 g/mol. The van der Waals surface area contributed by atoms with Gasteiger partial charge >= 0.3 is 0 Å². The lowest BCUT2D eigenvalue weighted by molar-refractivity contribution is 0.0774. The first-order valence-electron chi connectivity index (χ1n) is 7.70. The van der Waals surface area contributed by atoms with Gasteiger partial charge in [-0.25, -0.2) is 8.78 Å². The maximum atomic E-state index is 14.3. The van der Waals surface area contributed by atoms with Crippen molar-refractivity contribution < 1.29 is 18.4 Å². The summed E-state index contributed by atoms with van der Waals surface area (Å²) >= 11 is 5.96. The lowest BCUT2D eigenvalue weighted by Crippen LogP contribution is -2.41. The third-order valence-electron chi connectivity index (χ3n) is 4.07. The first kappa shape index (κ1) is 17.4. The largest absolute Gasteiger partial charge is 0.344 e. The molecule has 7 heteroatoms. The van der Waals surface area contributed by atoms with Crippen molar-refractivity contribution in [2.24, 2.45) is 0 Å². The first-order chi connectivity index (χ1) is 12.0. The second-order valence-corrected chi connectivity index (χ2v) is 6.17. The molecule has 0 radical (unpaired) electrons. The molecule has 0 aliphatic carbocycles. The van der Waals surface area contributed by atoms with Gasteiger partial charge in [-0.2, -0.15) is 0 Å². The molecule has 0 saturated carbocycles. The van der Waals surface area contributed by atoms with E-state index in [-0.39, 0.29) is 29.2 Å². The van der Waals surface area contributed by atoms with Crippen LogP contribution in [0.2, 0.25) is 5.02 Å². The summed E-state index contributed by atoms with van der Waals surface area (Å²) in [7, 11) is 0. The van der Waals surface area contributed by atoms with Crippen LogP contribution in [-0.4, -0.2) is 42.0 Å². The van der Waals surface area contributed by atoms with Gasteiger partial charge < -0.3 is 10.2 Å². The number of nitrogens with one attached hydrogen (secondary N) is 1. The molecule has 1 saturated heterocycles. The normalized spacial score (nSPS) is 19.7. The second kappa shape index (κ2) is 7.19. The van der Waals surface area contributed by atoms with Crippen molar-refractivity contribution in [2.75, 3.05) is 13.1 Å². The molecule has 2 amide bonds. The Labute approximate surface area is 148 Å². The van der Waals surface area contributed by atoms with Crippen molar-refractivity contribution in [1.29, 1.82) is 0 Å². The minimum atomic E-state index is -1.44. The first-order valence-corrected chi connectivity index (χ1v) is 8.08. The number of hydrogen-bond donors (Lipinski definition) is 1. The van der Waals surface area contributed by atoms with Crippen molar-refractivity contribution in [3.05, 3.63) is 70.5 Å². The summed E-state index contributed by atoms with van der Waals surface area (Å²) in [5.74, 6) is -1.78. The molecule has 0 bridgehead atoms. The number of carbonyl (C=O) groups excluding carboxylic acids is 2. The molecule has 25 heavy (non-hydrogen) atoms. The number of nitrogens with zero attached hydrogens (tertiary/aromatic N) is 1. The van der Waals surface area contributed by atoms with E-state index >= 15 is 0 Å². The molecule has 1 heterocycles. The van der Waals surface area contributed by atoms with Gasteiger partial charge in [-0.15, -0.1) is 0 Å². The Morgan fingerprint density at radius 1 is 1.04 bits per heavy atom. The number of likely N-dealkylation sites (tertiary alicyclic amines) is 1. The maximum Gasteiger partial charge on any atom is 0.256 e. The lowest BCUT2D eigenvalue weighted by Gasteiger charge is -2.17. The summed E-state index contributed by atoms with van der Waals surface area (Å²) in [4.78, 5) is 25.8. The van der Waals surface area contributed by atoms with Crippen LogP contribution in [0.15, 0.2) is 48.5 Å². The molecular weight excluding hydrogens is 350 g/mol. The molecule has 3 rings (SSSR count). The molecule has 0 spiro atoms. The van der Waals surface area contributed by atoms with Crippen LogP contribution >= 0.6 is 11.6 Å². The predicted molar refractivity (Wildman–Crippen MR) is 89.9 cm³/mol. The van der Waals surface area contributed by atoms with Crippen LogP contribution in [0.5, 0.6) is 0 Å². The molecule has 2 atom stereocenters. The van der Waals surface area contributed by atoms with E-state index < -0.39 is 29.8 Å². The summed E-state index contributed by atoms with van der Waals surface area (Å²) in [5.41, 5.74) is 0.114. The fourth-order valence-corrected chi connectivity index (χ4v) is 2.98. The van der Waals surface area contributed by atoms with E-state index in [9.17, 15) is 18.4 Å². The SMILES string of the molecule is O=C(N[C@@H]1CN(C(=O)c2ccccc2F)C[C@@H]1F)c1ccccc1Cl. The van der Waals surface area contributed by atoms with E-state index in [0.717, 1.165) is 0 Å². The number of amides is 2. The van der Waals surface area contributed by atoms with Crippen LogP contribution in [0.3, 0.4) is 0 Å².